The standard InChI is InChI=1S/C12H13F2N3/c1-8(15-11-6-7-17(2)16-11)9-4-3-5-10(13)12(9)14/h3-8H,1-2H3,(H,15,16). The van der Waals surface area contributed by atoms with E-state index in [1.54, 1.807) is 37.0 Å². The molecule has 0 saturated carbocycles. The number of aryl methyl sites for hydroxylation is 1. The lowest BCUT2D eigenvalue weighted by molar-refractivity contribution is 0.494. The number of nitrogens with one attached hydrogen (secondary N) is 1. The molecule has 1 aromatic heterocycles. The van der Waals surface area contributed by atoms with E-state index in [0.717, 1.165) is 6.07 Å². The van der Waals surface area contributed by atoms with E-state index in [-0.39, 0.29) is 11.6 Å². The summed E-state index contributed by atoms with van der Waals surface area (Å²) in [5.41, 5.74) is 0.288. The number of hydrogen-bond acceptors (Lipinski definition) is 2. The Morgan fingerprint density at radius 1 is 1.29 bits per heavy atom. The normalized spacial score (nSPS) is 12.5. The highest BCUT2D eigenvalue weighted by atomic mass is 19.2. The molecule has 1 aromatic carbocycles. The van der Waals surface area contributed by atoms with Gasteiger partial charge < -0.3 is 5.32 Å². The van der Waals surface area contributed by atoms with Crippen molar-refractivity contribution in [3.8, 4) is 0 Å². The average molecular weight is 237 g/mol. The molecule has 0 radical (unpaired) electrons. The lowest BCUT2D eigenvalue weighted by Crippen LogP contribution is -2.10. The summed E-state index contributed by atoms with van der Waals surface area (Å²) in [5, 5.41) is 7.13. The zero-order chi connectivity index (χ0) is 12.4. The zero-order valence-electron chi connectivity index (χ0n) is 9.61. The van der Waals surface area contributed by atoms with Gasteiger partial charge in [-0.3, -0.25) is 4.68 Å². The van der Waals surface area contributed by atoms with Crippen LogP contribution in [0.15, 0.2) is 30.5 Å². The van der Waals surface area contributed by atoms with Crippen molar-refractivity contribution >= 4 is 5.82 Å². The highest BCUT2D eigenvalue weighted by Crippen LogP contribution is 2.22. The lowest BCUT2D eigenvalue weighted by Gasteiger charge is -2.14. The maximum Gasteiger partial charge on any atom is 0.164 e. The van der Waals surface area contributed by atoms with Crippen LogP contribution in [0.1, 0.15) is 18.5 Å². The van der Waals surface area contributed by atoms with E-state index in [1.807, 2.05) is 0 Å². The predicted octanol–water partition coefficient (Wildman–Crippen LogP) is 2.87. The molecule has 1 heterocycles. The van der Waals surface area contributed by atoms with E-state index in [0.29, 0.717) is 5.82 Å². The van der Waals surface area contributed by atoms with Gasteiger partial charge in [0.05, 0.1) is 6.04 Å². The van der Waals surface area contributed by atoms with Crippen molar-refractivity contribution in [3.05, 3.63) is 47.7 Å². The molecular formula is C12H13F2N3. The van der Waals surface area contributed by atoms with Gasteiger partial charge in [-0.25, -0.2) is 8.78 Å². The van der Waals surface area contributed by atoms with Crippen molar-refractivity contribution in [2.75, 3.05) is 5.32 Å². The van der Waals surface area contributed by atoms with Crippen LogP contribution in [0.2, 0.25) is 0 Å². The zero-order valence-corrected chi connectivity index (χ0v) is 9.61. The first-order valence-electron chi connectivity index (χ1n) is 5.28. The molecule has 0 aliphatic carbocycles. The van der Waals surface area contributed by atoms with Crippen LogP contribution in [0, 0.1) is 11.6 Å². The summed E-state index contributed by atoms with van der Waals surface area (Å²) in [5.74, 6) is -1.02. The fourth-order valence-electron chi connectivity index (χ4n) is 1.65. The van der Waals surface area contributed by atoms with Crippen LogP contribution in [0.4, 0.5) is 14.6 Å². The number of aromatic nitrogens is 2. The molecule has 0 bridgehead atoms. The van der Waals surface area contributed by atoms with Gasteiger partial charge in [0.25, 0.3) is 0 Å². The Balaban J connectivity index is 2.20. The van der Waals surface area contributed by atoms with Gasteiger partial charge in [-0.05, 0) is 13.0 Å². The van der Waals surface area contributed by atoms with Gasteiger partial charge in [-0.2, -0.15) is 5.10 Å². The Morgan fingerprint density at radius 2 is 2.06 bits per heavy atom. The van der Waals surface area contributed by atoms with Crippen LogP contribution in [0.25, 0.3) is 0 Å². The van der Waals surface area contributed by atoms with Gasteiger partial charge in [0, 0.05) is 24.9 Å². The number of benzene rings is 1. The molecule has 3 nitrogen and oxygen atoms in total. The molecule has 2 rings (SSSR count). The van der Waals surface area contributed by atoms with Gasteiger partial charge in [0.15, 0.2) is 11.6 Å². The van der Waals surface area contributed by atoms with E-state index in [1.165, 1.54) is 6.07 Å². The van der Waals surface area contributed by atoms with Gasteiger partial charge in [0.1, 0.15) is 5.82 Å². The molecule has 1 N–H and O–H groups in total. The third kappa shape index (κ3) is 2.43. The molecule has 90 valence electrons. The second kappa shape index (κ2) is 4.53. The molecule has 0 spiro atoms. The first kappa shape index (κ1) is 11.6. The fourth-order valence-corrected chi connectivity index (χ4v) is 1.65. The first-order chi connectivity index (χ1) is 8.08. The number of nitrogens with zero attached hydrogens (tertiary/aromatic N) is 2. The second-order valence-electron chi connectivity index (χ2n) is 3.88. The van der Waals surface area contributed by atoms with Crippen molar-refractivity contribution in [2.24, 2.45) is 7.05 Å². The highest BCUT2D eigenvalue weighted by Gasteiger charge is 2.14. The molecule has 0 saturated heterocycles. The third-order valence-electron chi connectivity index (χ3n) is 2.53. The van der Waals surface area contributed by atoms with Crippen LogP contribution >= 0.6 is 0 Å². The smallest absolute Gasteiger partial charge is 0.164 e. The van der Waals surface area contributed by atoms with E-state index in [9.17, 15) is 8.78 Å². The van der Waals surface area contributed by atoms with Gasteiger partial charge in [0.2, 0.25) is 0 Å². The average Bonchev–Trinajstić information content (AvgIpc) is 2.68. The second-order valence-corrected chi connectivity index (χ2v) is 3.88. The SMILES string of the molecule is CC(Nc1ccn(C)n1)c1cccc(F)c1F. The van der Waals surface area contributed by atoms with Crippen LogP contribution in [0.3, 0.4) is 0 Å². The van der Waals surface area contributed by atoms with Crippen LogP contribution in [-0.2, 0) is 7.05 Å². The highest BCUT2D eigenvalue weighted by molar-refractivity contribution is 5.37. The quantitative estimate of drug-likeness (QED) is 0.889. The topological polar surface area (TPSA) is 29.9 Å². The molecule has 0 aliphatic heterocycles. The number of rotatable bonds is 3. The minimum Gasteiger partial charge on any atom is -0.362 e. The summed E-state index contributed by atoms with van der Waals surface area (Å²) in [6.45, 7) is 1.76. The van der Waals surface area contributed by atoms with Gasteiger partial charge in [-0.15, -0.1) is 0 Å². The molecule has 5 heteroatoms. The molecular weight excluding hydrogens is 224 g/mol. The van der Waals surface area contributed by atoms with Gasteiger partial charge in [-0.1, -0.05) is 12.1 Å². The van der Waals surface area contributed by atoms with Crippen molar-refractivity contribution in [3.63, 3.8) is 0 Å². The predicted molar refractivity (Wildman–Crippen MR) is 61.6 cm³/mol. The van der Waals surface area contributed by atoms with Crippen molar-refractivity contribution in [1.29, 1.82) is 0 Å². The molecule has 0 fully saturated rings. The monoisotopic (exact) mass is 237 g/mol. The number of anilines is 1. The van der Waals surface area contributed by atoms with Crippen LogP contribution in [0.5, 0.6) is 0 Å². The van der Waals surface area contributed by atoms with E-state index < -0.39 is 11.6 Å². The Labute approximate surface area is 98.1 Å². The summed E-state index contributed by atoms with van der Waals surface area (Å²) in [6, 6.07) is 5.57. The third-order valence-corrected chi connectivity index (χ3v) is 2.53. The molecule has 0 aliphatic rings. The van der Waals surface area contributed by atoms with E-state index in [2.05, 4.69) is 10.4 Å². The van der Waals surface area contributed by atoms with Crippen LogP contribution < -0.4 is 5.32 Å². The minimum absolute atomic E-state index is 0.288. The lowest BCUT2D eigenvalue weighted by atomic mass is 10.1. The maximum absolute atomic E-state index is 13.5. The number of hydrogen-bond donors (Lipinski definition) is 1. The summed E-state index contributed by atoms with van der Waals surface area (Å²) in [4.78, 5) is 0. The number of halogens is 2. The molecule has 2 aromatic rings. The Kier molecular flexibility index (Phi) is 3.08. The van der Waals surface area contributed by atoms with Crippen molar-refractivity contribution < 1.29 is 8.78 Å². The van der Waals surface area contributed by atoms with Crippen molar-refractivity contribution in [2.45, 2.75) is 13.0 Å². The summed E-state index contributed by atoms with van der Waals surface area (Å²) >= 11 is 0. The molecule has 1 atom stereocenters. The van der Waals surface area contributed by atoms with Gasteiger partial charge >= 0.3 is 0 Å². The summed E-state index contributed by atoms with van der Waals surface area (Å²) in [6.07, 6.45) is 1.77. The molecule has 0 amide bonds. The van der Waals surface area contributed by atoms with E-state index >= 15 is 0 Å². The molecule has 17 heavy (non-hydrogen) atoms. The van der Waals surface area contributed by atoms with E-state index in [4.69, 9.17) is 0 Å². The largest absolute Gasteiger partial charge is 0.362 e. The summed E-state index contributed by atoms with van der Waals surface area (Å²) in [7, 11) is 1.79. The van der Waals surface area contributed by atoms with Crippen LogP contribution in [-0.4, -0.2) is 9.78 Å². The summed E-state index contributed by atoms with van der Waals surface area (Å²) < 4.78 is 28.2. The Bertz CT molecular complexity index is 522. The van der Waals surface area contributed by atoms with Crippen molar-refractivity contribution in [1.82, 2.24) is 9.78 Å². The fraction of sp³-hybridized carbons (Fsp3) is 0.250. The first-order valence-corrected chi connectivity index (χ1v) is 5.28. The minimum atomic E-state index is -0.836. The Morgan fingerprint density at radius 3 is 2.71 bits per heavy atom. The molecule has 1 unspecified atom stereocenters. The Hall–Kier alpha value is -1.91. The maximum atomic E-state index is 13.5.